The van der Waals surface area contributed by atoms with Crippen LogP contribution in [0.15, 0.2) is 0 Å². The van der Waals surface area contributed by atoms with Crippen LogP contribution < -0.4 is 0 Å². The maximum atomic E-state index is 9.73. The molecule has 0 aromatic carbocycles. The van der Waals surface area contributed by atoms with Gasteiger partial charge in [-0.05, 0) is 38.3 Å². The van der Waals surface area contributed by atoms with Gasteiger partial charge in [0.05, 0.1) is 6.10 Å². The number of hydrogen-bond donors (Lipinski definition) is 1. The van der Waals surface area contributed by atoms with Crippen molar-refractivity contribution in [2.75, 3.05) is 13.6 Å². The van der Waals surface area contributed by atoms with E-state index in [0.717, 1.165) is 19.4 Å². The van der Waals surface area contributed by atoms with Crippen molar-refractivity contribution in [1.82, 2.24) is 4.90 Å². The maximum Gasteiger partial charge on any atom is 0.0560 e. The summed E-state index contributed by atoms with van der Waals surface area (Å²) in [5.74, 6) is 0. The monoisotopic (exact) mass is 185 g/mol. The number of rotatable bonds is 2. The zero-order valence-electron chi connectivity index (χ0n) is 9.38. The van der Waals surface area contributed by atoms with Crippen molar-refractivity contribution in [3.8, 4) is 0 Å². The van der Waals surface area contributed by atoms with Crippen LogP contribution in [0.2, 0.25) is 0 Å². The Morgan fingerprint density at radius 3 is 2.46 bits per heavy atom. The first kappa shape index (κ1) is 11.0. The molecule has 1 N–H and O–H groups in total. The maximum absolute atomic E-state index is 9.73. The third-order valence-electron chi connectivity index (χ3n) is 3.24. The Morgan fingerprint density at radius 1 is 1.38 bits per heavy atom. The van der Waals surface area contributed by atoms with Crippen LogP contribution in [0.1, 0.15) is 40.0 Å². The molecule has 1 saturated carbocycles. The second-order valence-electron chi connectivity index (χ2n) is 5.19. The molecule has 2 heteroatoms. The van der Waals surface area contributed by atoms with Gasteiger partial charge in [0.2, 0.25) is 0 Å². The summed E-state index contributed by atoms with van der Waals surface area (Å²) < 4.78 is 0. The molecule has 1 rings (SSSR count). The average molecular weight is 185 g/mol. The number of nitrogens with zero attached hydrogens (tertiary/aromatic N) is 1. The third kappa shape index (κ3) is 2.96. The topological polar surface area (TPSA) is 23.5 Å². The lowest BCUT2D eigenvalue weighted by Crippen LogP contribution is -2.43. The quantitative estimate of drug-likeness (QED) is 0.710. The lowest BCUT2D eigenvalue weighted by atomic mass is 9.73. The summed E-state index contributed by atoms with van der Waals surface area (Å²) in [7, 11) is 2.15. The fourth-order valence-corrected chi connectivity index (χ4v) is 2.43. The molecular weight excluding hydrogens is 162 g/mol. The van der Waals surface area contributed by atoms with E-state index in [4.69, 9.17) is 0 Å². The molecular formula is C11H23NO. The number of hydrogen-bond acceptors (Lipinski definition) is 2. The van der Waals surface area contributed by atoms with Gasteiger partial charge in [-0.3, -0.25) is 0 Å². The van der Waals surface area contributed by atoms with Crippen LogP contribution in [0.4, 0.5) is 0 Å². The highest BCUT2D eigenvalue weighted by atomic mass is 16.3. The standard InChI is InChI=1S/C11H23NO/c1-5-12(4)9-6-10(13)8-11(2,3)7-9/h9-10,13H,5-8H2,1-4H3. The Morgan fingerprint density at radius 2 is 2.00 bits per heavy atom. The van der Waals surface area contributed by atoms with Crippen LogP contribution in [0.5, 0.6) is 0 Å². The Hall–Kier alpha value is -0.0800. The molecule has 0 radical (unpaired) electrons. The van der Waals surface area contributed by atoms with Crippen molar-refractivity contribution in [3.63, 3.8) is 0 Å². The van der Waals surface area contributed by atoms with Crippen molar-refractivity contribution in [2.45, 2.75) is 52.2 Å². The molecule has 78 valence electrons. The molecule has 0 aromatic rings. The SMILES string of the molecule is CCN(C)C1CC(O)CC(C)(C)C1. The molecule has 0 heterocycles. The molecule has 2 atom stereocenters. The minimum atomic E-state index is -0.0947. The van der Waals surface area contributed by atoms with Crippen LogP contribution in [-0.4, -0.2) is 35.7 Å². The van der Waals surface area contributed by atoms with Crippen LogP contribution in [0, 0.1) is 5.41 Å². The molecule has 1 aliphatic rings. The minimum absolute atomic E-state index is 0.0947. The van der Waals surface area contributed by atoms with E-state index < -0.39 is 0 Å². The van der Waals surface area contributed by atoms with Gasteiger partial charge in [0.1, 0.15) is 0 Å². The van der Waals surface area contributed by atoms with Gasteiger partial charge in [-0.1, -0.05) is 20.8 Å². The van der Waals surface area contributed by atoms with Crippen molar-refractivity contribution in [2.24, 2.45) is 5.41 Å². The Labute approximate surface area is 81.9 Å². The second kappa shape index (κ2) is 3.97. The fraction of sp³-hybridized carbons (Fsp3) is 1.00. The minimum Gasteiger partial charge on any atom is -0.393 e. The molecule has 13 heavy (non-hydrogen) atoms. The summed E-state index contributed by atoms with van der Waals surface area (Å²) >= 11 is 0. The molecule has 2 nitrogen and oxygen atoms in total. The summed E-state index contributed by atoms with van der Waals surface area (Å²) in [6.07, 6.45) is 3.03. The first-order valence-electron chi connectivity index (χ1n) is 5.33. The smallest absolute Gasteiger partial charge is 0.0560 e. The first-order valence-corrected chi connectivity index (χ1v) is 5.33. The Bertz CT molecular complexity index is 167. The van der Waals surface area contributed by atoms with E-state index in [1.165, 1.54) is 6.42 Å². The molecule has 1 aliphatic carbocycles. The van der Waals surface area contributed by atoms with Gasteiger partial charge < -0.3 is 10.0 Å². The van der Waals surface area contributed by atoms with E-state index in [1.807, 2.05) is 0 Å². The zero-order chi connectivity index (χ0) is 10.1. The van der Waals surface area contributed by atoms with Gasteiger partial charge in [-0.25, -0.2) is 0 Å². The van der Waals surface area contributed by atoms with Gasteiger partial charge in [0.25, 0.3) is 0 Å². The van der Waals surface area contributed by atoms with Crippen molar-refractivity contribution in [1.29, 1.82) is 0 Å². The normalized spacial score (nSPS) is 33.7. The predicted octanol–water partition coefficient (Wildman–Crippen LogP) is 1.88. The Kier molecular flexibility index (Phi) is 3.36. The van der Waals surface area contributed by atoms with Gasteiger partial charge in [0.15, 0.2) is 0 Å². The predicted molar refractivity (Wildman–Crippen MR) is 55.7 cm³/mol. The Balaban J connectivity index is 2.57. The van der Waals surface area contributed by atoms with Gasteiger partial charge >= 0.3 is 0 Å². The summed E-state index contributed by atoms with van der Waals surface area (Å²) in [6, 6.07) is 0.573. The molecule has 1 fully saturated rings. The van der Waals surface area contributed by atoms with E-state index in [-0.39, 0.29) is 6.10 Å². The zero-order valence-corrected chi connectivity index (χ0v) is 9.38. The molecule has 2 unspecified atom stereocenters. The van der Waals surface area contributed by atoms with Crippen LogP contribution in [0.25, 0.3) is 0 Å². The van der Waals surface area contributed by atoms with Crippen LogP contribution in [-0.2, 0) is 0 Å². The molecule has 0 aliphatic heterocycles. The van der Waals surface area contributed by atoms with Crippen LogP contribution >= 0.6 is 0 Å². The number of aliphatic hydroxyl groups excluding tert-OH is 1. The van der Waals surface area contributed by atoms with Crippen molar-refractivity contribution >= 4 is 0 Å². The summed E-state index contributed by atoms with van der Waals surface area (Å²) in [4.78, 5) is 2.35. The average Bonchev–Trinajstić information content (AvgIpc) is 1.99. The highest BCUT2D eigenvalue weighted by Crippen LogP contribution is 2.36. The second-order valence-corrected chi connectivity index (χ2v) is 5.19. The van der Waals surface area contributed by atoms with E-state index in [2.05, 4.69) is 32.7 Å². The third-order valence-corrected chi connectivity index (χ3v) is 3.24. The fourth-order valence-electron chi connectivity index (χ4n) is 2.43. The van der Waals surface area contributed by atoms with E-state index >= 15 is 0 Å². The van der Waals surface area contributed by atoms with Gasteiger partial charge in [-0.15, -0.1) is 0 Å². The van der Waals surface area contributed by atoms with E-state index in [1.54, 1.807) is 0 Å². The summed E-state index contributed by atoms with van der Waals surface area (Å²) in [5, 5.41) is 9.73. The molecule has 0 bridgehead atoms. The van der Waals surface area contributed by atoms with Crippen molar-refractivity contribution in [3.05, 3.63) is 0 Å². The van der Waals surface area contributed by atoms with Gasteiger partial charge in [-0.2, -0.15) is 0 Å². The summed E-state index contributed by atoms with van der Waals surface area (Å²) in [5.41, 5.74) is 0.311. The molecule has 0 spiro atoms. The van der Waals surface area contributed by atoms with E-state index in [9.17, 15) is 5.11 Å². The van der Waals surface area contributed by atoms with E-state index in [0.29, 0.717) is 11.5 Å². The van der Waals surface area contributed by atoms with Gasteiger partial charge in [0, 0.05) is 6.04 Å². The number of aliphatic hydroxyl groups is 1. The lowest BCUT2D eigenvalue weighted by molar-refractivity contribution is 0.0150. The largest absolute Gasteiger partial charge is 0.393 e. The van der Waals surface area contributed by atoms with Crippen LogP contribution in [0.3, 0.4) is 0 Å². The molecule has 0 saturated heterocycles. The lowest BCUT2D eigenvalue weighted by Gasteiger charge is -2.41. The molecule has 0 aromatic heterocycles. The van der Waals surface area contributed by atoms with Crippen molar-refractivity contribution < 1.29 is 5.11 Å². The highest BCUT2D eigenvalue weighted by molar-refractivity contribution is 4.88. The first-order chi connectivity index (χ1) is 5.94. The summed E-state index contributed by atoms with van der Waals surface area (Å²) in [6.45, 7) is 7.76. The molecule has 0 amide bonds. The highest BCUT2D eigenvalue weighted by Gasteiger charge is 2.34.